The normalized spacial score (nSPS) is 11.0. The number of hydrogen-bond donors (Lipinski definition) is 0. The molecule has 0 atom stereocenters. The molecule has 0 N–H and O–H groups in total. The van der Waals surface area contributed by atoms with E-state index in [1.807, 2.05) is 121 Å². The van der Waals surface area contributed by atoms with Crippen molar-refractivity contribution < 1.29 is 37.9 Å². The average molecular weight is 837 g/mol. The van der Waals surface area contributed by atoms with Crippen LogP contribution in [0.1, 0.15) is 0 Å². The molecule has 6 aromatic heterocycles. The van der Waals surface area contributed by atoms with Gasteiger partial charge in [0.25, 0.3) is 0 Å². The van der Waals surface area contributed by atoms with Gasteiger partial charge in [-0.3, -0.25) is 19.9 Å². The van der Waals surface area contributed by atoms with E-state index in [0.29, 0.717) is 125 Å². The Kier molecular flexibility index (Phi) is 17.0. The van der Waals surface area contributed by atoms with Gasteiger partial charge in [0.1, 0.15) is 37.9 Å². The van der Waals surface area contributed by atoms with E-state index in [0.717, 1.165) is 22.8 Å². The molecule has 14 nitrogen and oxygen atoms in total. The molecule has 0 unspecified atom stereocenters. The topological polar surface area (TPSA) is 151 Å². The van der Waals surface area contributed by atoms with Gasteiger partial charge in [0.05, 0.1) is 98.4 Å². The molecule has 0 saturated heterocycles. The number of para-hydroxylation sites is 2. The molecule has 0 fully saturated rings. The fourth-order valence-corrected chi connectivity index (χ4v) is 5.95. The molecule has 6 heterocycles. The highest BCUT2D eigenvalue weighted by Gasteiger charge is 2.12. The summed E-state index contributed by atoms with van der Waals surface area (Å²) in [5, 5.41) is 0. The van der Waals surface area contributed by atoms with Crippen LogP contribution >= 0.6 is 0 Å². The van der Waals surface area contributed by atoms with Gasteiger partial charge in [-0.05, 0) is 60.7 Å². The quantitative estimate of drug-likeness (QED) is 0.0490. The molecule has 0 saturated carbocycles. The maximum Gasteiger partial charge on any atom is 0.161 e. The van der Waals surface area contributed by atoms with Crippen LogP contribution in [0.3, 0.4) is 0 Å². The highest BCUT2D eigenvalue weighted by Crippen LogP contribution is 2.29. The lowest BCUT2D eigenvalue weighted by molar-refractivity contribution is 0.0247. The molecule has 0 aliphatic rings. The maximum absolute atomic E-state index is 6.02. The predicted molar refractivity (Wildman–Crippen MR) is 233 cm³/mol. The smallest absolute Gasteiger partial charge is 0.161 e. The third-order valence-electron chi connectivity index (χ3n) is 8.86. The predicted octanol–water partition coefficient (Wildman–Crippen LogP) is 7.71. The van der Waals surface area contributed by atoms with Gasteiger partial charge >= 0.3 is 0 Å². The number of benzene rings is 1. The lowest BCUT2D eigenvalue weighted by atomic mass is 10.2. The molecule has 0 spiro atoms. The molecular weight excluding hydrogens is 789 g/mol. The Bertz CT molecular complexity index is 2070. The Morgan fingerprint density at radius 2 is 0.548 bits per heavy atom. The van der Waals surface area contributed by atoms with Crippen LogP contribution in [0.5, 0.6) is 23.0 Å². The summed E-state index contributed by atoms with van der Waals surface area (Å²) in [5.41, 5.74) is 5.82. The van der Waals surface area contributed by atoms with E-state index in [4.69, 9.17) is 47.9 Å². The zero-order valence-electron chi connectivity index (χ0n) is 34.3. The van der Waals surface area contributed by atoms with Crippen LogP contribution in [0.4, 0.5) is 0 Å². The number of pyridine rings is 6. The molecule has 62 heavy (non-hydrogen) atoms. The Morgan fingerprint density at radius 3 is 0.839 bits per heavy atom. The van der Waals surface area contributed by atoms with Gasteiger partial charge in [0.2, 0.25) is 0 Å². The highest BCUT2D eigenvalue weighted by atomic mass is 16.6. The van der Waals surface area contributed by atoms with Crippen LogP contribution in [-0.2, 0) is 18.9 Å². The van der Waals surface area contributed by atoms with Gasteiger partial charge in [0, 0.05) is 49.1 Å². The molecule has 1 aromatic carbocycles. The second kappa shape index (κ2) is 24.4. The minimum absolute atomic E-state index is 0.359. The van der Waals surface area contributed by atoms with Crippen molar-refractivity contribution in [2.45, 2.75) is 0 Å². The van der Waals surface area contributed by atoms with Crippen LogP contribution in [0.25, 0.3) is 45.6 Å². The summed E-state index contributed by atoms with van der Waals surface area (Å²) in [6.45, 7) is 4.71. The summed E-state index contributed by atoms with van der Waals surface area (Å²) < 4.78 is 46.8. The number of nitrogens with zero attached hydrogens (tertiary/aromatic N) is 6. The van der Waals surface area contributed by atoms with E-state index in [1.54, 1.807) is 24.8 Å². The summed E-state index contributed by atoms with van der Waals surface area (Å²) in [7, 11) is 0. The first kappa shape index (κ1) is 43.3. The molecule has 0 bridgehead atoms. The fraction of sp³-hybridized carbons (Fsp3) is 0.250. The van der Waals surface area contributed by atoms with Crippen molar-refractivity contribution in [2.24, 2.45) is 0 Å². The van der Waals surface area contributed by atoms with Gasteiger partial charge in [-0.25, -0.2) is 9.97 Å². The largest absolute Gasteiger partial charge is 0.491 e. The van der Waals surface area contributed by atoms with Gasteiger partial charge in [-0.2, -0.15) is 0 Å². The van der Waals surface area contributed by atoms with E-state index in [1.165, 1.54) is 0 Å². The van der Waals surface area contributed by atoms with Gasteiger partial charge in [-0.1, -0.05) is 36.4 Å². The molecule has 0 aliphatic heterocycles. The lowest BCUT2D eigenvalue weighted by Gasteiger charge is -2.13. The second-order valence-corrected chi connectivity index (χ2v) is 13.3. The third-order valence-corrected chi connectivity index (χ3v) is 8.86. The summed E-state index contributed by atoms with van der Waals surface area (Å²) >= 11 is 0. The first-order chi connectivity index (χ1) is 30.8. The van der Waals surface area contributed by atoms with Crippen molar-refractivity contribution in [1.29, 1.82) is 0 Å². The van der Waals surface area contributed by atoms with Gasteiger partial charge < -0.3 is 37.9 Å². The second-order valence-electron chi connectivity index (χ2n) is 13.3. The van der Waals surface area contributed by atoms with E-state index >= 15 is 0 Å². The monoisotopic (exact) mass is 836 g/mol. The zero-order chi connectivity index (χ0) is 42.3. The standard InChI is InChI=1S/C48H48N6O8/c1-2-16-48(62-32-28-58-24-22-56-26-30-60-38-35-45(41-13-5-9-19-51-41)54-46(36-38)42-14-6-10-20-52-42)47(15-1)61-31-27-57-23-21-55-25-29-59-37-33-43(39-11-3-7-17-49-39)53-44(34-37)40-12-4-8-18-50-40/h1-20,33-36H,21-32H2. The molecule has 14 heteroatoms. The zero-order valence-corrected chi connectivity index (χ0v) is 34.3. The first-order valence-electron chi connectivity index (χ1n) is 20.4. The van der Waals surface area contributed by atoms with Crippen molar-refractivity contribution >= 4 is 0 Å². The Hall–Kier alpha value is -6.84. The third kappa shape index (κ3) is 13.9. The number of aromatic nitrogens is 6. The average Bonchev–Trinajstić information content (AvgIpc) is 3.34. The van der Waals surface area contributed by atoms with Crippen LogP contribution in [0.15, 0.2) is 146 Å². The number of ether oxygens (including phenoxy) is 8. The summed E-state index contributed by atoms with van der Waals surface area (Å²) in [4.78, 5) is 27.3. The van der Waals surface area contributed by atoms with E-state index in [2.05, 4.69) is 19.9 Å². The first-order valence-corrected chi connectivity index (χ1v) is 20.4. The van der Waals surface area contributed by atoms with Crippen LogP contribution in [0, 0.1) is 0 Å². The summed E-state index contributed by atoms with van der Waals surface area (Å²) in [6, 6.07) is 37.8. The Balaban J connectivity index is 0.724. The summed E-state index contributed by atoms with van der Waals surface area (Å²) in [6.07, 6.45) is 6.95. The Labute approximate surface area is 360 Å². The van der Waals surface area contributed by atoms with Crippen LogP contribution < -0.4 is 18.9 Å². The molecule has 0 radical (unpaired) electrons. The van der Waals surface area contributed by atoms with Crippen molar-refractivity contribution in [3.8, 4) is 68.5 Å². The fourth-order valence-electron chi connectivity index (χ4n) is 5.95. The molecule has 7 rings (SSSR count). The minimum atomic E-state index is 0.359. The molecule has 0 amide bonds. The van der Waals surface area contributed by atoms with Crippen molar-refractivity contribution in [3.05, 3.63) is 146 Å². The number of hydrogen-bond acceptors (Lipinski definition) is 14. The van der Waals surface area contributed by atoms with Crippen molar-refractivity contribution in [3.63, 3.8) is 0 Å². The van der Waals surface area contributed by atoms with Crippen molar-refractivity contribution in [2.75, 3.05) is 79.3 Å². The Morgan fingerprint density at radius 1 is 0.274 bits per heavy atom. The van der Waals surface area contributed by atoms with E-state index < -0.39 is 0 Å². The molecule has 318 valence electrons. The van der Waals surface area contributed by atoms with E-state index in [9.17, 15) is 0 Å². The lowest BCUT2D eigenvalue weighted by Crippen LogP contribution is -2.14. The summed E-state index contributed by atoms with van der Waals surface area (Å²) in [5.74, 6) is 2.59. The van der Waals surface area contributed by atoms with Crippen molar-refractivity contribution in [1.82, 2.24) is 29.9 Å². The molecule has 0 aliphatic carbocycles. The van der Waals surface area contributed by atoms with Gasteiger partial charge in [-0.15, -0.1) is 0 Å². The molecular formula is C48H48N6O8. The van der Waals surface area contributed by atoms with Gasteiger partial charge in [0.15, 0.2) is 11.5 Å². The van der Waals surface area contributed by atoms with Crippen LogP contribution in [-0.4, -0.2) is 109 Å². The van der Waals surface area contributed by atoms with Crippen LogP contribution in [0.2, 0.25) is 0 Å². The number of rotatable bonds is 26. The van der Waals surface area contributed by atoms with E-state index in [-0.39, 0.29) is 0 Å². The SMILES string of the molecule is c1ccc(-c2cc(OCCOCCOCCOc3ccccc3OCCOCCOCCOc3cc(-c4ccccn4)nc(-c4ccccn4)c3)cc(-c3ccccn3)n2)nc1. The molecule has 7 aromatic rings. The minimum Gasteiger partial charge on any atom is -0.491 e. The maximum atomic E-state index is 6.02. The highest BCUT2D eigenvalue weighted by molar-refractivity contribution is 5.65.